The molecule has 0 amide bonds. The Hall–Kier alpha value is -2.15. The number of halogens is 3. The van der Waals surface area contributed by atoms with Crippen molar-refractivity contribution in [3.05, 3.63) is 46.5 Å². The number of Topliss-reactive ketones (excluding diaryl/α,β-unsaturated/α-hetero) is 1. The van der Waals surface area contributed by atoms with Gasteiger partial charge in [0.2, 0.25) is 0 Å². The lowest BCUT2D eigenvalue weighted by molar-refractivity contribution is -0.151. The van der Waals surface area contributed by atoms with Crippen molar-refractivity contribution < 1.29 is 27.5 Å². The minimum atomic E-state index is -4.32. The van der Waals surface area contributed by atoms with E-state index in [4.69, 9.17) is 4.74 Å². The highest BCUT2D eigenvalue weighted by molar-refractivity contribution is 6.08. The van der Waals surface area contributed by atoms with Crippen molar-refractivity contribution in [1.82, 2.24) is 4.90 Å². The van der Waals surface area contributed by atoms with Gasteiger partial charge in [-0.05, 0) is 74.3 Å². The molecule has 0 radical (unpaired) electrons. The zero-order chi connectivity index (χ0) is 28.1. The van der Waals surface area contributed by atoms with Crippen molar-refractivity contribution >= 4 is 11.8 Å². The van der Waals surface area contributed by atoms with Gasteiger partial charge in [0.05, 0.1) is 5.56 Å². The minimum Gasteiger partial charge on any atom is -0.451 e. The predicted molar refractivity (Wildman–Crippen MR) is 147 cm³/mol. The van der Waals surface area contributed by atoms with Crippen molar-refractivity contribution in [2.24, 2.45) is 17.8 Å². The number of esters is 1. The topological polar surface area (TPSA) is 46.6 Å². The van der Waals surface area contributed by atoms with Gasteiger partial charge in [0.25, 0.3) is 0 Å². The molecule has 5 aliphatic rings. The third-order valence-electron chi connectivity index (χ3n) is 10.9. The molecule has 0 N–H and O–H groups in total. The molecule has 0 bridgehead atoms. The van der Waals surface area contributed by atoms with E-state index in [1.807, 2.05) is 6.07 Å². The second-order valence-electron chi connectivity index (χ2n) is 13.2. The zero-order valence-electron chi connectivity index (χ0n) is 23.6. The monoisotopic (exact) mass is 557 g/mol. The normalized spacial score (nSPS) is 31.4. The number of likely N-dealkylation sites (tertiary alicyclic amines) is 1. The molecular formula is C33H42F3NO3. The Morgan fingerprint density at radius 3 is 2.42 bits per heavy atom. The second kappa shape index (κ2) is 10.9. The molecule has 7 heteroatoms. The number of hydrogen-bond acceptors (Lipinski definition) is 4. The Morgan fingerprint density at radius 2 is 1.70 bits per heavy atom. The van der Waals surface area contributed by atoms with E-state index in [1.54, 1.807) is 6.92 Å². The van der Waals surface area contributed by atoms with E-state index in [-0.39, 0.29) is 23.6 Å². The van der Waals surface area contributed by atoms with E-state index >= 15 is 0 Å². The highest BCUT2D eigenvalue weighted by atomic mass is 19.4. The number of rotatable bonds is 5. The lowest BCUT2D eigenvalue weighted by Crippen LogP contribution is -2.50. The average Bonchev–Trinajstić information content (AvgIpc) is 3.55. The third-order valence-corrected chi connectivity index (χ3v) is 10.9. The van der Waals surface area contributed by atoms with Crippen molar-refractivity contribution in [2.45, 2.75) is 114 Å². The molecule has 6 rings (SSSR count). The highest BCUT2D eigenvalue weighted by Crippen LogP contribution is 2.60. The second-order valence-corrected chi connectivity index (χ2v) is 13.2. The van der Waals surface area contributed by atoms with Crippen LogP contribution in [0.3, 0.4) is 0 Å². The summed E-state index contributed by atoms with van der Waals surface area (Å²) >= 11 is 0. The van der Waals surface area contributed by atoms with Crippen molar-refractivity contribution in [1.29, 1.82) is 0 Å². The van der Waals surface area contributed by atoms with Crippen LogP contribution in [0.2, 0.25) is 0 Å². The number of alkyl halides is 3. The molecule has 4 nitrogen and oxygen atoms in total. The molecule has 1 aromatic rings. The molecule has 3 saturated carbocycles. The molecule has 2 heterocycles. The van der Waals surface area contributed by atoms with Gasteiger partial charge in [0.15, 0.2) is 5.78 Å². The third kappa shape index (κ3) is 5.39. The standard InChI is InChI=1S/C33H42F3NO3/c1-21-30(32(40-31(21)39)15-17-37(18-16-32)25-10-3-2-4-11-25)28(38)19-22-7-5-12-26-27(14-13-22)29(26)23-8-6-9-24(20-23)33(34,35)36/h6,8-9,20,22,25-27,29H,2-5,7,10-19H2,1H3. The fourth-order valence-electron chi connectivity index (χ4n) is 8.69. The van der Waals surface area contributed by atoms with Gasteiger partial charge in [-0.1, -0.05) is 50.3 Å². The molecule has 3 aliphatic carbocycles. The van der Waals surface area contributed by atoms with Gasteiger partial charge < -0.3 is 9.64 Å². The van der Waals surface area contributed by atoms with Crippen molar-refractivity contribution in [3.63, 3.8) is 0 Å². The smallest absolute Gasteiger partial charge is 0.416 e. The molecule has 1 saturated heterocycles. The molecule has 1 spiro atoms. The quantitative estimate of drug-likeness (QED) is 0.350. The van der Waals surface area contributed by atoms with Crippen molar-refractivity contribution in [2.75, 3.05) is 13.1 Å². The maximum absolute atomic E-state index is 13.8. The van der Waals surface area contributed by atoms with Crippen LogP contribution in [0, 0.1) is 17.8 Å². The predicted octanol–water partition coefficient (Wildman–Crippen LogP) is 7.62. The average molecular weight is 558 g/mol. The molecule has 4 unspecified atom stereocenters. The van der Waals surface area contributed by atoms with Gasteiger partial charge in [-0.25, -0.2) is 4.79 Å². The first kappa shape index (κ1) is 28.0. The van der Waals surface area contributed by atoms with Gasteiger partial charge in [0.1, 0.15) is 5.60 Å². The number of fused-ring (bicyclic) bond motifs is 1. The molecule has 0 aromatic heterocycles. The number of nitrogens with zero attached hydrogens (tertiary/aromatic N) is 1. The van der Waals surface area contributed by atoms with Crippen LogP contribution in [0.5, 0.6) is 0 Å². The van der Waals surface area contributed by atoms with Crippen LogP contribution in [-0.2, 0) is 20.5 Å². The summed E-state index contributed by atoms with van der Waals surface area (Å²) in [7, 11) is 0. The minimum absolute atomic E-state index is 0.0711. The fourth-order valence-corrected chi connectivity index (χ4v) is 8.69. The highest BCUT2D eigenvalue weighted by Gasteiger charge is 2.53. The van der Waals surface area contributed by atoms with Crippen LogP contribution in [0.15, 0.2) is 35.4 Å². The number of hydrogen-bond donors (Lipinski definition) is 0. The Balaban J connectivity index is 1.08. The van der Waals surface area contributed by atoms with Gasteiger partial charge in [0, 0.05) is 49.5 Å². The number of ketones is 1. The van der Waals surface area contributed by atoms with E-state index in [9.17, 15) is 22.8 Å². The molecule has 4 atom stereocenters. The van der Waals surface area contributed by atoms with Crippen LogP contribution in [0.25, 0.3) is 0 Å². The number of ether oxygens (including phenoxy) is 1. The fraction of sp³-hybridized carbons (Fsp3) is 0.697. The van der Waals surface area contributed by atoms with Gasteiger partial charge in [-0.3, -0.25) is 4.79 Å². The molecule has 40 heavy (non-hydrogen) atoms. The maximum Gasteiger partial charge on any atom is 0.416 e. The lowest BCUT2D eigenvalue weighted by atomic mass is 9.77. The first-order valence-electron chi connectivity index (χ1n) is 15.6. The van der Waals surface area contributed by atoms with Crippen molar-refractivity contribution in [3.8, 4) is 0 Å². The summed E-state index contributed by atoms with van der Waals surface area (Å²) in [6.45, 7) is 3.49. The van der Waals surface area contributed by atoms with Gasteiger partial charge in [-0.2, -0.15) is 13.2 Å². The molecular weight excluding hydrogens is 515 g/mol. The van der Waals surface area contributed by atoms with Crippen LogP contribution >= 0.6 is 0 Å². The summed E-state index contributed by atoms with van der Waals surface area (Å²) < 4.78 is 45.8. The first-order chi connectivity index (χ1) is 19.2. The van der Waals surface area contributed by atoms with E-state index in [0.29, 0.717) is 48.3 Å². The van der Waals surface area contributed by atoms with Gasteiger partial charge >= 0.3 is 12.1 Å². The Labute approximate surface area is 235 Å². The summed E-state index contributed by atoms with van der Waals surface area (Å²) in [5, 5.41) is 0. The summed E-state index contributed by atoms with van der Waals surface area (Å²) in [5.41, 5.74) is 0.607. The van der Waals surface area contributed by atoms with E-state index in [0.717, 1.165) is 56.8 Å². The Bertz CT molecular complexity index is 1160. The number of carbonyl (C=O) groups is 2. The zero-order valence-corrected chi connectivity index (χ0v) is 23.6. The Morgan fingerprint density at radius 1 is 0.975 bits per heavy atom. The Kier molecular flexibility index (Phi) is 7.64. The summed E-state index contributed by atoms with van der Waals surface area (Å²) in [4.78, 5) is 29.1. The summed E-state index contributed by atoms with van der Waals surface area (Å²) in [6.07, 6.45) is 8.67. The summed E-state index contributed by atoms with van der Waals surface area (Å²) in [5.74, 6) is 1.02. The van der Waals surface area contributed by atoms with Crippen LogP contribution in [-0.4, -0.2) is 41.4 Å². The SMILES string of the molecule is CC1=C(C(=O)CC2CCCC3C(CC2)C3c2cccc(C(F)(F)F)c2)C2(CCN(C3CCCCC3)CC2)OC1=O. The number of benzene rings is 1. The van der Waals surface area contributed by atoms with E-state index in [2.05, 4.69) is 4.90 Å². The van der Waals surface area contributed by atoms with Crippen LogP contribution < -0.4 is 0 Å². The summed E-state index contributed by atoms with van der Waals surface area (Å²) in [6, 6.07) is 6.48. The van der Waals surface area contributed by atoms with E-state index in [1.165, 1.54) is 44.2 Å². The van der Waals surface area contributed by atoms with Gasteiger partial charge in [-0.15, -0.1) is 0 Å². The van der Waals surface area contributed by atoms with Crippen LogP contribution in [0.1, 0.15) is 107 Å². The molecule has 1 aromatic carbocycles. The van der Waals surface area contributed by atoms with E-state index < -0.39 is 17.3 Å². The van der Waals surface area contributed by atoms with Crippen LogP contribution in [0.4, 0.5) is 13.2 Å². The molecule has 2 aliphatic heterocycles. The molecule has 218 valence electrons. The number of piperidine rings is 1. The number of carbonyl (C=O) groups excluding carboxylic acids is 2. The maximum atomic E-state index is 13.8. The lowest BCUT2D eigenvalue weighted by Gasteiger charge is -2.43. The molecule has 4 fully saturated rings. The largest absolute Gasteiger partial charge is 0.451 e. The first-order valence-corrected chi connectivity index (χ1v) is 15.6.